The first-order chi connectivity index (χ1) is 14.2. The third-order valence-electron chi connectivity index (χ3n) is 6.54. The minimum Gasteiger partial charge on any atom is -0.390 e. The van der Waals surface area contributed by atoms with E-state index < -0.39 is 0 Å². The van der Waals surface area contributed by atoms with Gasteiger partial charge in [0.25, 0.3) is 0 Å². The summed E-state index contributed by atoms with van der Waals surface area (Å²) in [5, 5.41) is 9.36. The van der Waals surface area contributed by atoms with E-state index in [0.717, 1.165) is 37.7 Å². The van der Waals surface area contributed by atoms with Gasteiger partial charge in [-0.2, -0.15) is 0 Å². The standard InChI is InChI=1S/C24H34N4O/c1-20-6-2-3-7-21(20)18-26-14-10-23(11-15-26)27-12-5-13-28(17-16-27)24-9-4-8-22(19-29)25-24/h2-4,6-9,23,29H,5,10-19H2,1H3. The quantitative estimate of drug-likeness (QED) is 0.844. The Balaban J connectivity index is 1.29. The first-order valence-corrected chi connectivity index (χ1v) is 11.1. The summed E-state index contributed by atoms with van der Waals surface area (Å²) in [5.74, 6) is 1.01. The third kappa shape index (κ3) is 5.16. The average molecular weight is 395 g/mol. The Hall–Kier alpha value is -1.95. The summed E-state index contributed by atoms with van der Waals surface area (Å²) in [6, 6.07) is 15.4. The molecule has 0 atom stereocenters. The van der Waals surface area contributed by atoms with Crippen LogP contribution in [0.1, 0.15) is 36.1 Å². The topological polar surface area (TPSA) is 42.8 Å². The lowest BCUT2D eigenvalue weighted by atomic mass is 10.0. The van der Waals surface area contributed by atoms with Crippen molar-refractivity contribution in [1.82, 2.24) is 14.8 Å². The first kappa shape index (κ1) is 20.3. The number of nitrogens with zero attached hydrogens (tertiary/aromatic N) is 4. The van der Waals surface area contributed by atoms with Crippen LogP contribution in [0.25, 0.3) is 0 Å². The maximum Gasteiger partial charge on any atom is 0.128 e. The number of rotatable bonds is 5. The molecule has 3 heterocycles. The lowest BCUT2D eigenvalue weighted by molar-refractivity contribution is 0.110. The molecule has 5 nitrogen and oxygen atoms in total. The van der Waals surface area contributed by atoms with Crippen LogP contribution in [-0.4, -0.2) is 65.2 Å². The zero-order valence-electron chi connectivity index (χ0n) is 17.6. The largest absolute Gasteiger partial charge is 0.390 e. The number of aliphatic hydroxyl groups is 1. The molecule has 156 valence electrons. The second kappa shape index (κ2) is 9.70. The van der Waals surface area contributed by atoms with E-state index in [1.54, 1.807) is 0 Å². The number of aryl methyl sites for hydroxylation is 1. The summed E-state index contributed by atoms with van der Waals surface area (Å²) >= 11 is 0. The van der Waals surface area contributed by atoms with Crippen LogP contribution in [0.3, 0.4) is 0 Å². The van der Waals surface area contributed by atoms with Crippen molar-refractivity contribution in [2.45, 2.75) is 45.4 Å². The Bertz CT molecular complexity index is 788. The van der Waals surface area contributed by atoms with E-state index in [1.807, 2.05) is 12.1 Å². The third-order valence-corrected chi connectivity index (χ3v) is 6.54. The van der Waals surface area contributed by atoms with Crippen molar-refractivity contribution in [3.63, 3.8) is 0 Å². The van der Waals surface area contributed by atoms with Crippen LogP contribution in [0, 0.1) is 6.92 Å². The SMILES string of the molecule is Cc1ccccc1CN1CCC(N2CCCN(c3cccc(CO)n3)CC2)CC1. The Labute approximate surface area is 175 Å². The van der Waals surface area contributed by atoms with Gasteiger partial charge in [-0.05, 0) is 62.5 Å². The molecule has 0 aliphatic carbocycles. The number of piperidine rings is 1. The van der Waals surface area contributed by atoms with Gasteiger partial charge in [-0.3, -0.25) is 9.80 Å². The summed E-state index contributed by atoms with van der Waals surface area (Å²) < 4.78 is 0. The van der Waals surface area contributed by atoms with Crippen LogP contribution in [0.15, 0.2) is 42.5 Å². The molecule has 0 saturated carbocycles. The lowest BCUT2D eigenvalue weighted by Gasteiger charge is -2.38. The highest BCUT2D eigenvalue weighted by Crippen LogP contribution is 2.22. The minimum absolute atomic E-state index is 0.00881. The van der Waals surface area contributed by atoms with Crippen molar-refractivity contribution in [2.24, 2.45) is 0 Å². The number of likely N-dealkylation sites (tertiary alicyclic amines) is 1. The molecule has 0 amide bonds. The Morgan fingerprint density at radius 1 is 0.931 bits per heavy atom. The summed E-state index contributed by atoms with van der Waals surface area (Å²) in [6.07, 6.45) is 3.71. The van der Waals surface area contributed by atoms with Gasteiger partial charge in [-0.1, -0.05) is 30.3 Å². The average Bonchev–Trinajstić information content (AvgIpc) is 3.02. The predicted octanol–water partition coefficient (Wildman–Crippen LogP) is 3.06. The summed E-state index contributed by atoms with van der Waals surface area (Å²) in [5.41, 5.74) is 3.62. The van der Waals surface area contributed by atoms with Gasteiger partial charge in [0.15, 0.2) is 0 Å². The fourth-order valence-corrected chi connectivity index (χ4v) is 4.73. The molecular formula is C24H34N4O. The van der Waals surface area contributed by atoms with E-state index in [2.05, 4.69) is 56.9 Å². The minimum atomic E-state index is 0.00881. The molecule has 0 radical (unpaired) electrons. The van der Waals surface area contributed by atoms with Gasteiger partial charge in [0.05, 0.1) is 12.3 Å². The molecule has 0 spiro atoms. The molecule has 1 aromatic carbocycles. The fraction of sp³-hybridized carbons (Fsp3) is 0.542. The molecular weight excluding hydrogens is 360 g/mol. The molecule has 29 heavy (non-hydrogen) atoms. The van der Waals surface area contributed by atoms with Crippen molar-refractivity contribution in [3.05, 3.63) is 59.3 Å². The van der Waals surface area contributed by atoms with Gasteiger partial charge in [-0.25, -0.2) is 4.98 Å². The number of anilines is 1. The maximum absolute atomic E-state index is 9.36. The molecule has 2 fully saturated rings. The second-order valence-corrected chi connectivity index (χ2v) is 8.46. The van der Waals surface area contributed by atoms with Crippen LogP contribution in [0.2, 0.25) is 0 Å². The van der Waals surface area contributed by atoms with Gasteiger partial charge in [0.1, 0.15) is 5.82 Å². The number of benzene rings is 1. The van der Waals surface area contributed by atoms with Crippen LogP contribution in [-0.2, 0) is 13.2 Å². The normalized spacial score (nSPS) is 20.0. The highest BCUT2D eigenvalue weighted by Gasteiger charge is 2.26. The zero-order valence-corrected chi connectivity index (χ0v) is 17.6. The molecule has 0 unspecified atom stereocenters. The Kier molecular flexibility index (Phi) is 6.80. The number of pyridine rings is 1. The molecule has 2 aliphatic rings. The first-order valence-electron chi connectivity index (χ1n) is 11.1. The van der Waals surface area contributed by atoms with E-state index in [1.165, 1.54) is 50.0 Å². The van der Waals surface area contributed by atoms with Gasteiger partial charge in [0.2, 0.25) is 0 Å². The maximum atomic E-state index is 9.36. The molecule has 2 saturated heterocycles. The van der Waals surface area contributed by atoms with Crippen molar-refractivity contribution in [2.75, 3.05) is 44.2 Å². The predicted molar refractivity (Wildman–Crippen MR) is 118 cm³/mol. The Morgan fingerprint density at radius 3 is 2.55 bits per heavy atom. The smallest absolute Gasteiger partial charge is 0.128 e. The van der Waals surface area contributed by atoms with Crippen molar-refractivity contribution in [1.29, 1.82) is 0 Å². The Morgan fingerprint density at radius 2 is 1.76 bits per heavy atom. The van der Waals surface area contributed by atoms with E-state index in [-0.39, 0.29) is 6.61 Å². The van der Waals surface area contributed by atoms with E-state index >= 15 is 0 Å². The molecule has 1 N–H and O–H groups in total. The number of aromatic nitrogens is 1. The van der Waals surface area contributed by atoms with Crippen LogP contribution < -0.4 is 4.90 Å². The summed E-state index contributed by atoms with van der Waals surface area (Å²) in [7, 11) is 0. The molecule has 1 aromatic heterocycles. The number of hydrogen-bond donors (Lipinski definition) is 1. The van der Waals surface area contributed by atoms with Gasteiger partial charge >= 0.3 is 0 Å². The van der Waals surface area contributed by atoms with Crippen molar-refractivity contribution in [3.8, 4) is 0 Å². The van der Waals surface area contributed by atoms with E-state index in [4.69, 9.17) is 0 Å². The van der Waals surface area contributed by atoms with Crippen LogP contribution in [0.4, 0.5) is 5.82 Å². The fourth-order valence-electron chi connectivity index (χ4n) is 4.73. The lowest BCUT2D eigenvalue weighted by Crippen LogP contribution is -2.46. The molecule has 5 heteroatoms. The molecule has 4 rings (SSSR count). The van der Waals surface area contributed by atoms with Crippen molar-refractivity contribution >= 4 is 5.82 Å². The molecule has 0 bridgehead atoms. The van der Waals surface area contributed by atoms with Crippen molar-refractivity contribution < 1.29 is 5.11 Å². The summed E-state index contributed by atoms with van der Waals surface area (Å²) in [6.45, 7) is 10.0. The van der Waals surface area contributed by atoms with E-state index in [9.17, 15) is 5.11 Å². The van der Waals surface area contributed by atoms with Gasteiger partial charge < -0.3 is 10.0 Å². The number of aliphatic hydroxyl groups excluding tert-OH is 1. The highest BCUT2D eigenvalue weighted by atomic mass is 16.3. The van der Waals surface area contributed by atoms with Crippen LogP contribution in [0.5, 0.6) is 0 Å². The second-order valence-electron chi connectivity index (χ2n) is 8.46. The van der Waals surface area contributed by atoms with Gasteiger partial charge in [0, 0.05) is 38.8 Å². The molecule has 2 aliphatic heterocycles. The summed E-state index contributed by atoms with van der Waals surface area (Å²) in [4.78, 5) is 12.3. The number of hydrogen-bond acceptors (Lipinski definition) is 5. The highest BCUT2D eigenvalue weighted by molar-refractivity contribution is 5.39. The molecule has 2 aromatic rings. The van der Waals surface area contributed by atoms with Gasteiger partial charge in [-0.15, -0.1) is 0 Å². The zero-order chi connectivity index (χ0) is 20.1. The van der Waals surface area contributed by atoms with E-state index in [0.29, 0.717) is 6.04 Å². The monoisotopic (exact) mass is 394 g/mol. The van der Waals surface area contributed by atoms with Crippen LogP contribution >= 0.6 is 0 Å².